The Hall–Kier alpha value is -7.30. The Morgan fingerprint density at radius 1 is 0.514 bits per heavy atom. The molecule has 74 heavy (non-hydrogen) atoms. The van der Waals surface area contributed by atoms with Gasteiger partial charge in [0.25, 0.3) is 32.1 Å². The van der Waals surface area contributed by atoms with Crippen LogP contribution in [0.5, 0.6) is 0 Å². The number of aromatic nitrogens is 6. The fraction of sp³-hybridized carbons (Fsp3) is 0.261. The lowest BCUT2D eigenvalue weighted by atomic mass is 10.3. The third-order valence-corrected chi connectivity index (χ3v) is 13.4. The Morgan fingerprint density at radius 3 is 1.15 bits per heavy atom. The van der Waals surface area contributed by atoms with Gasteiger partial charge in [-0.15, -0.1) is 0 Å². The highest BCUT2D eigenvalue weighted by atomic mass is 35.5. The summed E-state index contributed by atoms with van der Waals surface area (Å²) in [6.07, 6.45) is 5.56. The summed E-state index contributed by atoms with van der Waals surface area (Å²) in [5.74, 6) is -0.242. The highest BCUT2D eigenvalue weighted by Crippen LogP contribution is 2.37. The Kier molecular flexibility index (Phi) is 17.8. The van der Waals surface area contributed by atoms with Gasteiger partial charge >= 0.3 is 12.2 Å². The van der Waals surface area contributed by atoms with E-state index >= 15 is 0 Å². The van der Waals surface area contributed by atoms with Crippen molar-refractivity contribution < 1.29 is 54.6 Å². The normalized spacial score (nSPS) is 17.6. The van der Waals surface area contributed by atoms with Crippen molar-refractivity contribution in [1.29, 1.82) is 0 Å². The van der Waals surface area contributed by atoms with Gasteiger partial charge in [-0.05, 0) is 62.6 Å². The molecule has 4 aromatic heterocycles. The molecule has 0 unspecified atom stereocenters. The van der Waals surface area contributed by atoms with Crippen LogP contribution in [-0.4, -0.2) is 166 Å². The van der Waals surface area contributed by atoms with Crippen molar-refractivity contribution in [3.8, 4) is 0 Å². The van der Waals surface area contributed by atoms with Crippen molar-refractivity contribution in [2.75, 3.05) is 76.3 Å². The summed E-state index contributed by atoms with van der Waals surface area (Å²) in [7, 11) is -4.01. The van der Waals surface area contributed by atoms with Crippen LogP contribution in [0.4, 0.5) is 21.2 Å². The van der Waals surface area contributed by atoms with Gasteiger partial charge in [-0.25, -0.2) is 39.3 Å². The highest BCUT2D eigenvalue weighted by molar-refractivity contribution is 7.86. The zero-order chi connectivity index (χ0) is 53.2. The molecule has 2 N–H and O–H groups in total. The van der Waals surface area contributed by atoms with Crippen molar-refractivity contribution in [3.63, 3.8) is 0 Å². The molecule has 6 aromatic rings. The lowest BCUT2D eigenvalue weighted by Gasteiger charge is -2.33. The Morgan fingerprint density at radius 2 is 0.851 bits per heavy atom. The van der Waals surface area contributed by atoms with Crippen LogP contribution in [0.25, 0.3) is 0 Å². The molecule has 4 amide bonds. The first kappa shape index (κ1) is 54.5. The van der Waals surface area contributed by atoms with E-state index < -0.39 is 56.7 Å². The molecule has 388 valence electrons. The van der Waals surface area contributed by atoms with Crippen LogP contribution in [0.3, 0.4) is 0 Å². The summed E-state index contributed by atoms with van der Waals surface area (Å²) in [6.45, 7) is 5.28. The molecule has 0 bridgehead atoms. The fourth-order valence-electron chi connectivity index (χ4n) is 7.26. The monoisotopic (exact) mass is 1090 g/mol. The second-order valence-electron chi connectivity index (χ2n) is 16.2. The molecule has 28 heteroatoms. The Balaban J connectivity index is 0.000000159. The fourth-order valence-corrected chi connectivity index (χ4v) is 8.49. The number of nitrogens with zero attached hydrogens (tertiary/aromatic N) is 12. The lowest BCUT2D eigenvalue weighted by Crippen LogP contribution is -2.48. The van der Waals surface area contributed by atoms with Gasteiger partial charge in [0.1, 0.15) is 23.0 Å². The number of benzene rings is 2. The van der Waals surface area contributed by atoms with Crippen molar-refractivity contribution >= 4 is 79.1 Å². The number of ether oxygens (including phenoxy) is 2. The van der Waals surface area contributed by atoms with Crippen molar-refractivity contribution in [3.05, 3.63) is 155 Å². The van der Waals surface area contributed by atoms with Crippen LogP contribution in [0.2, 0.25) is 10.0 Å². The molecule has 2 atom stereocenters. The van der Waals surface area contributed by atoms with Crippen LogP contribution in [0.15, 0.2) is 132 Å². The molecule has 24 nitrogen and oxygen atoms in total. The molecule has 10 rings (SSSR count). The molecule has 2 saturated heterocycles. The SMILES string of the molecule is CN1CCN(C(=O)O[C@H]2c3nccnc3C(=O)N2c2ccc(Cl)cn2)CC1.CN1CCN(C(=O)O[C@H]2c3nccnc3C(=O)N2c2ccc(Cl)cn2)CC1.O=S(=O)(O)c1ccccc1.O=S(=O)(O)c1ccccc1. The standard InChI is InChI=1S/2C17H17ClN6O3.2C6H6O3S/c2*1-22-6-8-23(9-7-22)17(26)27-16-14-13(19-4-5-20-14)15(25)24(16)12-3-2-11(18)10-21-12;2*7-10(8,9)6-4-2-1-3-5-6/h2*2-5,10,16H,6-9H2,1H3;2*1-5H,(H,7,8,9)/t2*16-;;/m00../s1. The van der Waals surface area contributed by atoms with Crippen molar-refractivity contribution in [2.45, 2.75) is 22.2 Å². The average molecular weight is 1090 g/mol. The van der Waals surface area contributed by atoms with E-state index in [1.54, 1.807) is 70.5 Å². The number of likely N-dealkylation sites (N-methyl/N-ethyl adjacent to an activating group) is 2. The first-order chi connectivity index (χ1) is 35.3. The topological polar surface area (TPSA) is 292 Å². The number of piperazine rings is 2. The molecule has 0 radical (unpaired) electrons. The number of halogens is 2. The molecule has 0 spiro atoms. The Bertz CT molecular complexity index is 2950. The molecule has 4 aliphatic heterocycles. The minimum Gasteiger partial charge on any atom is -0.419 e. The zero-order valence-corrected chi connectivity index (χ0v) is 42.4. The van der Waals surface area contributed by atoms with Crippen molar-refractivity contribution in [1.82, 2.24) is 49.5 Å². The quantitative estimate of drug-likeness (QED) is 0.207. The molecule has 8 heterocycles. The highest BCUT2D eigenvalue weighted by Gasteiger charge is 2.46. The van der Waals surface area contributed by atoms with Gasteiger partial charge in [0, 0.05) is 89.5 Å². The Labute approximate surface area is 434 Å². The third-order valence-electron chi connectivity index (χ3n) is 11.2. The number of amides is 4. The number of rotatable bonds is 6. The van der Waals surface area contributed by atoms with E-state index in [1.165, 1.54) is 71.2 Å². The molecule has 2 fully saturated rings. The molecular weight excluding hydrogens is 1050 g/mol. The second-order valence-corrected chi connectivity index (χ2v) is 19.9. The zero-order valence-electron chi connectivity index (χ0n) is 39.3. The summed E-state index contributed by atoms with van der Waals surface area (Å²) < 4.78 is 69.8. The summed E-state index contributed by atoms with van der Waals surface area (Å²) in [5, 5.41) is 0.871. The minimum atomic E-state index is -4.00. The van der Waals surface area contributed by atoms with Crippen LogP contribution in [0.1, 0.15) is 44.8 Å². The van der Waals surface area contributed by atoms with Crippen LogP contribution in [-0.2, 0) is 29.7 Å². The maximum absolute atomic E-state index is 12.8. The van der Waals surface area contributed by atoms with Crippen molar-refractivity contribution in [2.24, 2.45) is 0 Å². The number of hydrogen-bond acceptors (Lipinski definition) is 18. The van der Waals surface area contributed by atoms with Gasteiger partial charge < -0.3 is 29.1 Å². The molecule has 2 aromatic carbocycles. The number of hydrogen-bond donors (Lipinski definition) is 2. The third kappa shape index (κ3) is 13.6. The molecule has 0 aliphatic carbocycles. The predicted molar refractivity (Wildman–Crippen MR) is 265 cm³/mol. The maximum atomic E-state index is 12.8. The van der Waals surface area contributed by atoms with Crippen LogP contribution >= 0.6 is 23.2 Å². The number of pyridine rings is 2. The number of fused-ring (bicyclic) bond motifs is 2. The van der Waals surface area contributed by atoms with Gasteiger partial charge in [0.05, 0.1) is 19.8 Å². The van der Waals surface area contributed by atoms with Crippen LogP contribution in [0, 0.1) is 0 Å². The van der Waals surface area contributed by atoms with Gasteiger partial charge in [0.15, 0.2) is 11.4 Å². The number of anilines is 2. The van der Waals surface area contributed by atoms with E-state index in [0.717, 1.165) is 26.2 Å². The number of carbonyl (C=O) groups excluding carboxylic acids is 4. The van der Waals surface area contributed by atoms with E-state index in [0.29, 0.717) is 59.2 Å². The summed E-state index contributed by atoms with van der Waals surface area (Å²) in [6, 6.07) is 21.2. The largest absolute Gasteiger partial charge is 0.419 e. The lowest BCUT2D eigenvalue weighted by molar-refractivity contribution is 0.0466. The molecule has 0 saturated carbocycles. The van der Waals surface area contributed by atoms with E-state index in [4.69, 9.17) is 41.8 Å². The predicted octanol–water partition coefficient (Wildman–Crippen LogP) is 5.00. The summed E-state index contributed by atoms with van der Waals surface area (Å²) in [5.41, 5.74) is 0.874. The van der Waals surface area contributed by atoms with Gasteiger partial charge in [-0.1, -0.05) is 59.6 Å². The number of carbonyl (C=O) groups is 4. The summed E-state index contributed by atoms with van der Waals surface area (Å²) >= 11 is 11.8. The van der Waals surface area contributed by atoms with Gasteiger partial charge in [-0.3, -0.25) is 28.7 Å². The maximum Gasteiger partial charge on any atom is 0.412 e. The van der Waals surface area contributed by atoms with E-state index in [1.807, 2.05) is 14.1 Å². The van der Waals surface area contributed by atoms with Crippen LogP contribution < -0.4 is 9.80 Å². The second kappa shape index (κ2) is 24.2. The molecule has 4 aliphatic rings. The van der Waals surface area contributed by atoms with E-state index in [9.17, 15) is 36.0 Å². The average Bonchev–Trinajstić information content (AvgIpc) is 3.83. The molecular formula is C46H46Cl2N12O12S2. The van der Waals surface area contributed by atoms with Gasteiger partial charge in [-0.2, -0.15) is 16.8 Å². The van der Waals surface area contributed by atoms with E-state index in [2.05, 4.69) is 39.7 Å². The van der Waals surface area contributed by atoms with Gasteiger partial charge in [0.2, 0.25) is 12.5 Å². The minimum absolute atomic E-state index is 0.0741. The van der Waals surface area contributed by atoms with E-state index in [-0.39, 0.29) is 21.2 Å². The smallest absolute Gasteiger partial charge is 0.412 e. The first-order valence-electron chi connectivity index (χ1n) is 22.2. The first-order valence-corrected chi connectivity index (χ1v) is 25.8. The summed E-state index contributed by atoms with van der Waals surface area (Å²) in [4.78, 5) is 85.9.